The number of alkyl halides is 3. The maximum absolute atomic E-state index is 13.0. The molecule has 8 heteroatoms. The van der Waals surface area contributed by atoms with Crippen molar-refractivity contribution in [1.82, 2.24) is 20.4 Å². The Kier molecular flexibility index (Phi) is 4.61. The third kappa shape index (κ3) is 3.60. The van der Waals surface area contributed by atoms with Gasteiger partial charge in [0.2, 0.25) is 0 Å². The first-order chi connectivity index (χ1) is 14.4. The topological polar surface area (TPSA) is 63.8 Å². The molecule has 0 aliphatic heterocycles. The van der Waals surface area contributed by atoms with Crippen LogP contribution in [-0.4, -0.2) is 27.7 Å². The van der Waals surface area contributed by atoms with Crippen molar-refractivity contribution < 1.29 is 17.7 Å². The predicted molar refractivity (Wildman–Crippen MR) is 104 cm³/mol. The molecule has 1 unspecified atom stereocenters. The van der Waals surface area contributed by atoms with Crippen LogP contribution < -0.4 is 5.32 Å². The molecule has 3 aromatic rings. The molecular formula is C22H21F3N4O. The Morgan fingerprint density at radius 3 is 2.63 bits per heavy atom. The summed E-state index contributed by atoms with van der Waals surface area (Å²) in [5.74, 6) is 1.10. The van der Waals surface area contributed by atoms with Gasteiger partial charge in [0.1, 0.15) is 5.69 Å². The lowest BCUT2D eigenvalue weighted by molar-refractivity contribution is -0.137. The fourth-order valence-corrected chi connectivity index (χ4v) is 4.17. The highest BCUT2D eigenvalue weighted by Crippen LogP contribution is 2.45. The Bertz CT molecular complexity index is 1030. The highest BCUT2D eigenvalue weighted by atomic mass is 19.4. The average molecular weight is 414 g/mol. The molecule has 2 aliphatic rings. The zero-order valence-corrected chi connectivity index (χ0v) is 16.2. The summed E-state index contributed by atoms with van der Waals surface area (Å²) in [6.45, 7) is 0.732. The van der Waals surface area contributed by atoms with Gasteiger partial charge >= 0.3 is 6.18 Å². The molecule has 156 valence electrons. The summed E-state index contributed by atoms with van der Waals surface area (Å²) < 4.78 is 44.2. The van der Waals surface area contributed by atoms with Gasteiger partial charge in [-0.1, -0.05) is 41.9 Å². The van der Waals surface area contributed by atoms with E-state index in [0.717, 1.165) is 50.6 Å². The number of hydrogen-bond acceptors (Lipinski definition) is 5. The van der Waals surface area contributed by atoms with E-state index in [-0.39, 0.29) is 17.0 Å². The maximum atomic E-state index is 13.0. The van der Waals surface area contributed by atoms with Gasteiger partial charge in [0.05, 0.1) is 5.56 Å². The van der Waals surface area contributed by atoms with Gasteiger partial charge in [-0.25, -0.2) is 0 Å². The van der Waals surface area contributed by atoms with Crippen molar-refractivity contribution in [3.05, 3.63) is 65.6 Å². The number of halogens is 3. The molecule has 2 heterocycles. The Labute approximate surface area is 171 Å². The molecule has 2 saturated carbocycles. The van der Waals surface area contributed by atoms with Gasteiger partial charge in [-0.2, -0.15) is 18.2 Å². The first-order valence-corrected chi connectivity index (χ1v) is 10.1. The minimum absolute atomic E-state index is 0.0240. The molecule has 5 nitrogen and oxygen atoms in total. The molecule has 0 radical (unpaired) electrons. The highest BCUT2D eigenvalue weighted by Gasteiger charge is 2.46. The summed E-state index contributed by atoms with van der Waals surface area (Å²) in [4.78, 5) is 8.40. The minimum Gasteiger partial charge on any atom is -0.332 e. The van der Waals surface area contributed by atoms with Crippen LogP contribution >= 0.6 is 0 Å². The Morgan fingerprint density at radius 1 is 1.13 bits per heavy atom. The van der Waals surface area contributed by atoms with Crippen molar-refractivity contribution >= 4 is 0 Å². The lowest BCUT2D eigenvalue weighted by Gasteiger charge is -2.39. The van der Waals surface area contributed by atoms with Gasteiger partial charge in [-0.05, 0) is 37.0 Å². The summed E-state index contributed by atoms with van der Waals surface area (Å²) in [7, 11) is 0. The van der Waals surface area contributed by atoms with Gasteiger partial charge in [-0.3, -0.25) is 4.98 Å². The van der Waals surface area contributed by atoms with Crippen molar-refractivity contribution in [3.8, 4) is 11.6 Å². The molecule has 5 rings (SSSR count). The van der Waals surface area contributed by atoms with Gasteiger partial charge < -0.3 is 9.84 Å². The first-order valence-electron chi connectivity index (χ1n) is 10.1. The van der Waals surface area contributed by atoms with Crippen molar-refractivity contribution in [2.24, 2.45) is 0 Å². The number of aromatic nitrogens is 3. The molecule has 0 amide bonds. The second-order valence-electron chi connectivity index (χ2n) is 8.22. The number of benzene rings is 1. The number of rotatable bonds is 6. The van der Waals surface area contributed by atoms with E-state index >= 15 is 0 Å². The van der Waals surface area contributed by atoms with Crippen LogP contribution in [0.5, 0.6) is 0 Å². The van der Waals surface area contributed by atoms with Gasteiger partial charge in [-0.15, -0.1) is 0 Å². The summed E-state index contributed by atoms with van der Waals surface area (Å²) in [5, 5.41) is 7.75. The third-order valence-electron chi connectivity index (χ3n) is 6.24. The van der Waals surface area contributed by atoms with Crippen LogP contribution in [0.2, 0.25) is 0 Å². The van der Waals surface area contributed by atoms with E-state index in [0.29, 0.717) is 17.8 Å². The largest absolute Gasteiger partial charge is 0.416 e. The van der Waals surface area contributed by atoms with Crippen LogP contribution in [0.4, 0.5) is 13.2 Å². The highest BCUT2D eigenvalue weighted by molar-refractivity contribution is 5.48. The Morgan fingerprint density at radius 2 is 1.93 bits per heavy atom. The second kappa shape index (κ2) is 7.19. The molecule has 2 aromatic heterocycles. The minimum atomic E-state index is -4.45. The predicted octanol–water partition coefficient (Wildman–Crippen LogP) is 4.72. The zero-order valence-electron chi connectivity index (χ0n) is 16.2. The molecule has 1 N–H and O–H groups in total. The molecule has 0 spiro atoms. The number of nitrogens with one attached hydrogen (secondary N) is 1. The maximum Gasteiger partial charge on any atom is 0.416 e. The van der Waals surface area contributed by atoms with Crippen LogP contribution in [0.3, 0.4) is 0 Å². The van der Waals surface area contributed by atoms with E-state index in [2.05, 4.69) is 44.7 Å². The molecule has 30 heavy (non-hydrogen) atoms. The van der Waals surface area contributed by atoms with Crippen molar-refractivity contribution in [3.63, 3.8) is 0 Å². The third-order valence-corrected chi connectivity index (χ3v) is 6.24. The molecule has 0 bridgehead atoms. The summed E-state index contributed by atoms with van der Waals surface area (Å²) in [6, 6.07) is 12.7. The van der Waals surface area contributed by atoms with Crippen molar-refractivity contribution in [2.75, 3.05) is 6.54 Å². The molecule has 0 saturated heterocycles. The number of nitrogens with zero attached hydrogens (tertiary/aromatic N) is 3. The summed E-state index contributed by atoms with van der Waals surface area (Å²) in [5.41, 5.74) is 0.369. The van der Waals surface area contributed by atoms with Crippen LogP contribution in [0, 0.1) is 0 Å². The molecule has 1 aromatic carbocycles. The molecular weight excluding hydrogens is 393 g/mol. The van der Waals surface area contributed by atoms with Crippen LogP contribution in [0.1, 0.15) is 48.6 Å². The lowest BCUT2D eigenvalue weighted by Crippen LogP contribution is -2.45. The fraction of sp³-hybridized carbons (Fsp3) is 0.409. The normalized spacial score (nSPS) is 22.5. The van der Waals surface area contributed by atoms with Crippen LogP contribution in [0.15, 0.2) is 53.2 Å². The van der Waals surface area contributed by atoms with E-state index in [4.69, 9.17) is 4.52 Å². The first kappa shape index (κ1) is 19.2. The van der Waals surface area contributed by atoms with Crippen molar-refractivity contribution in [2.45, 2.75) is 49.2 Å². The molecule has 2 atom stereocenters. The summed E-state index contributed by atoms with van der Waals surface area (Å²) in [6.07, 6.45) is 0.694. The number of pyridine rings is 1. The molecule has 2 fully saturated rings. The Balaban J connectivity index is 1.29. The van der Waals surface area contributed by atoms with Gasteiger partial charge in [0.25, 0.3) is 5.89 Å². The van der Waals surface area contributed by atoms with E-state index in [1.807, 2.05) is 6.07 Å². The SMILES string of the molecule is FC(F)(F)c1ccnc(-c2nc(C3(CN[C@H]4CC4c4ccccc4)CCC3)no2)c1. The molecule has 2 aliphatic carbocycles. The lowest BCUT2D eigenvalue weighted by atomic mass is 9.68. The van der Waals surface area contributed by atoms with Gasteiger partial charge in [0.15, 0.2) is 5.82 Å². The van der Waals surface area contributed by atoms with Crippen LogP contribution in [0.25, 0.3) is 11.6 Å². The van der Waals surface area contributed by atoms with E-state index in [1.54, 1.807) is 0 Å². The smallest absolute Gasteiger partial charge is 0.332 e. The standard InChI is InChI=1S/C22H21F3N4O/c23-22(24,25)15-7-10-26-18(11-15)19-28-20(29-30-19)21(8-4-9-21)13-27-17-12-16(17)14-5-2-1-3-6-14/h1-3,5-7,10-11,16-17,27H,4,8-9,12-13H2/t16?,17-/m0/s1. The average Bonchev–Trinajstić information content (AvgIpc) is 3.33. The quantitative estimate of drug-likeness (QED) is 0.633. The summed E-state index contributed by atoms with van der Waals surface area (Å²) >= 11 is 0. The van der Waals surface area contributed by atoms with Crippen molar-refractivity contribution in [1.29, 1.82) is 0 Å². The Hall–Kier alpha value is -2.74. The zero-order chi connectivity index (χ0) is 20.8. The van der Waals surface area contributed by atoms with Gasteiger partial charge in [0, 0.05) is 30.1 Å². The monoisotopic (exact) mass is 414 g/mol. The van der Waals surface area contributed by atoms with E-state index in [1.165, 1.54) is 5.56 Å². The number of hydrogen-bond donors (Lipinski definition) is 1. The fourth-order valence-electron chi connectivity index (χ4n) is 4.17. The second-order valence-corrected chi connectivity index (χ2v) is 8.22. The van der Waals surface area contributed by atoms with E-state index < -0.39 is 11.7 Å². The van der Waals surface area contributed by atoms with Crippen LogP contribution in [-0.2, 0) is 11.6 Å². The van der Waals surface area contributed by atoms with E-state index in [9.17, 15) is 13.2 Å².